The lowest BCUT2D eigenvalue weighted by molar-refractivity contribution is -0.0435. The van der Waals surface area contributed by atoms with Crippen LogP contribution in [-0.4, -0.2) is 51.1 Å². The summed E-state index contributed by atoms with van der Waals surface area (Å²) >= 11 is 0. The molecule has 1 aliphatic rings. The molecule has 0 aromatic heterocycles. The van der Waals surface area contributed by atoms with E-state index in [1.165, 1.54) is 9.80 Å². The molecule has 162 valence electrons. The van der Waals surface area contributed by atoms with Gasteiger partial charge in [0.2, 0.25) is 0 Å². The lowest BCUT2D eigenvalue weighted by Crippen LogP contribution is -2.37. The lowest BCUT2D eigenvalue weighted by atomic mass is 10.2. The fourth-order valence-corrected chi connectivity index (χ4v) is 4.07. The number of alkyl halides is 3. The van der Waals surface area contributed by atoms with E-state index in [0.29, 0.717) is 18.2 Å². The maximum Gasteiger partial charge on any atom is 0.501 e. The Kier molecular flexibility index (Phi) is 6.20. The van der Waals surface area contributed by atoms with Gasteiger partial charge in [-0.25, -0.2) is 17.6 Å². The van der Waals surface area contributed by atoms with Gasteiger partial charge in [0.1, 0.15) is 16.5 Å². The zero-order chi connectivity index (χ0) is 21.9. The third-order valence-electron chi connectivity index (χ3n) is 4.56. The van der Waals surface area contributed by atoms with Crippen LogP contribution < -0.4 is 9.64 Å². The van der Waals surface area contributed by atoms with E-state index < -0.39 is 32.2 Å². The normalized spacial score (nSPS) is 15.6. The molecule has 0 atom stereocenters. The van der Waals surface area contributed by atoms with E-state index in [9.17, 15) is 30.8 Å². The number of halogens is 4. The van der Waals surface area contributed by atoms with Crippen molar-refractivity contribution in [1.29, 1.82) is 0 Å². The predicted octanol–water partition coefficient (Wildman–Crippen LogP) is 3.83. The van der Waals surface area contributed by atoms with Crippen molar-refractivity contribution in [2.45, 2.75) is 16.8 Å². The van der Waals surface area contributed by atoms with Crippen LogP contribution in [0.3, 0.4) is 0 Å². The second-order valence-corrected chi connectivity index (χ2v) is 8.48. The van der Waals surface area contributed by atoms with Crippen LogP contribution >= 0.6 is 0 Å². The largest absolute Gasteiger partial charge is 0.501 e. The van der Waals surface area contributed by atoms with Gasteiger partial charge in [-0.2, -0.15) is 13.2 Å². The summed E-state index contributed by atoms with van der Waals surface area (Å²) < 4.78 is 81.9. The van der Waals surface area contributed by atoms with Gasteiger partial charge >= 0.3 is 11.6 Å². The smallest absolute Gasteiger partial charge is 0.410 e. The molecular weight excluding hydrogens is 428 g/mol. The molecule has 0 spiro atoms. The summed E-state index contributed by atoms with van der Waals surface area (Å²) in [6.45, 7) is 0.594. The molecule has 1 fully saturated rings. The summed E-state index contributed by atoms with van der Waals surface area (Å²) in [4.78, 5) is 14.0. The van der Waals surface area contributed by atoms with Crippen LogP contribution in [0.25, 0.3) is 0 Å². The van der Waals surface area contributed by atoms with Gasteiger partial charge in [-0.1, -0.05) is 18.2 Å². The molecule has 3 rings (SSSR count). The summed E-state index contributed by atoms with van der Waals surface area (Å²) in [5.41, 5.74) is -5.82. The Bertz CT molecular complexity index is 1010. The van der Waals surface area contributed by atoms with Gasteiger partial charge in [0.25, 0.3) is 9.84 Å². The van der Waals surface area contributed by atoms with E-state index in [4.69, 9.17) is 4.74 Å². The van der Waals surface area contributed by atoms with Crippen molar-refractivity contribution in [2.75, 3.05) is 31.1 Å². The maximum absolute atomic E-state index is 13.6. The Morgan fingerprint density at radius 1 is 0.967 bits per heavy atom. The number of carbonyl (C=O) groups excluding carboxylic acids is 1. The maximum atomic E-state index is 13.6. The second-order valence-electron chi connectivity index (χ2n) is 6.57. The first-order chi connectivity index (χ1) is 14.1. The zero-order valence-corrected chi connectivity index (χ0v) is 16.4. The zero-order valence-electron chi connectivity index (χ0n) is 15.6. The van der Waals surface area contributed by atoms with Crippen LogP contribution in [0.2, 0.25) is 0 Å². The van der Waals surface area contributed by atoms with E-state index in [0.717, 1.165) is 12.1 Å². The molecular formula is C19H18F4N2O4S. The van der Waals surface area contributed by atoms with Crippen LogP contribution in [0.15, 0.2) is 53.4 Å². The molecule has 2 aromatic rings. The van der Waals surface area contributed by atoms with Crippen molar-refractivity contribution in [3.8, 4) is 5.75 Å². The minimum Gasteiger partial charge on any atom is -0.410 e. The Hall–Kier alpha value is -2.82. The number of hydrogen-bond acceptors (Lipinski definition) is 5. The monoisotopic (exact) mass is 446 g/mol. The van der Waals surface area contributed by atoms with Gasteiger partial charge in [0.05, 0.1) is 5.69 Å². The second kappa shape index (κ2) is 8.50. The van der Waals surface area contributed by atoms with Gasteiger partial charge in [-0.15, -0.1) is 0 Å². The first-order valence-corrected chi connectivity index (χ1v) is 10.5. The summed E-state index contributed by atoms with van der Waals surface area (Å²) in [5.74, 6) is -0.745. The van der Waals surface area contributed by atoms with Gasteiger partial charge in [-0.05, 0) is 36.8 Å². The predicted molar refractivity (Wildman–Crippen MR) is 101 cm³/mol. The molecule has 6 nitrogen and oxygen atoms in total. The number of nitrogens with zero attached hydrogens (tertiary/aromatic N) is 2. The van der Waals surface area contributed by atoms with E-state index in [1.807, 2.05) is 0 Å². The van der Waals surface area contributed by atoms with Crippen LogP contribution in [0, 0.1) is 5.82 Å². The van der Waals surface area contributed by atoms with Crippen molar-refractivity contribution in [3.63, 3.8) is 0 Å². The fourth-order valence-electron chi connectivity index (χ4n) is 3.08. The number of anilines is 1. The molecule has 2 aromatic carbocycles. The molecule has 0 N–H and O–H groups in total. The van der Waals surface area contributed by atoms with Crippen LogP contribution in [0.4, 0.5) is 28.0 Å². The lowest BCUT2D eigenvalue weighted by Gasteiger charge is -2.26. The van der Waals surface area contributed by atoms with E-state index >= 15 is 0 Å². The average Bonchev–Trinajstić information content (AvgIpc) is 2.94. The molecule has 1 saturated heterocycles. The highest BCUT2D eigenvalue weighted by atomic mass is 32.2. The highest BCUT2D eigenvalue weighted by molar-refractivity contribution is 7.92. The summed E-state index contributed by atoms with van der Waals surface area (Å²) in [6, 6.07) is 10.6. The van der Waals surface area contributed by atoms with Gasteiger partial charge in [0, 0.05) is 26.2 Å². The van der Waals surface area contributed by atoms with Crippen LogP contribution in [0.5, 0.6) is 5.75 Å². The molecule has 1 heterocycles. The van der Waals surface area contributed by atoms with Gasteiger partial charge < -0.3 is 14.5 Å². The topological polar surface area (TPSA) is 66.9 Å². The Labute approximate surface area is 170 Å². The average molecular weight is 446 g/mol. The number of rotatable bonds is 3. The first kappa shape index (κ1) is 21.9. The van der Waals surface area contributed by atoms with Crippen molar-refractivity contribution < 1.29 is 35.5 Å². The molecule has 0 saturated carbocycles. The summed E-state index contributed by atoms with van der Waals surface area (Å²) in [7, 11) is -5.75. The molecule has 1 aliphatic heterocycles. The summed E-state index contributed by atoms with van der Waals surface area (Å²) in [5, 5.41) is 0. The molecule has 0 aliphatic carbocycles. The van der Waals surface area contributed by atoms with E-state index in [2.05, 4.69) is 0 Å². The highest BCUT2D eigenvalue weighted by Gasteiger charge is 2.48. The van der Waals surface area contributed by atoms with Crippen molar-refractivity contribution in [1.82, 2.24) is 4.90 Å². The molecule has 0 radical (unpaired) electrons. The number of ether oxygens (including phenoxy) is 1. The Morgan fingerprint density at radius 2 is 1.67 bits per heavy atom. The third kappa shape index (κ3) is 4.66. The number of sulfone groups is 1. The van der Waals surface area contributed by atoms with Crippen molar-refractivity contribution in [2.24, 2.45) is 0 Å². The molecule has 0 unspecified atom stereocenters. The number of carbonyl (C=O) groups is 1. The van der Waals surface area contributed by atoms with Gasteiger partial charge in [-0.3, -0.25) is 0 Å². The highest BCUT2D eigenvalue weighted by Crippen LogP contribution is 2.36. The Balaban J connectivity index is 1.80. The summed E-state index contributed by atoms with van der Waals surface area (Å²) in [6.07, 6.45) is -0.266. The molecule has 0 bridgehead atoms. The number of para-hydroxylation sites is 1. The quantitative estimate of drug-likeness (QED) is 0.671. The third-order valence-corrected chi connectivity index (χ3v) is 6.07. The number of benzene rings is 2. The van der Waals surface area contributed by atoms with Crippen LogP contribution in [0.1, 0.15) is 6.42 Å². The molecule has 30 heavy (non-hydrogen) atoms. The van der Waals surface area contributed by atoms with Crippen molar-refractivity contribution in [3.05, 3.63) is 54.3 Å². The SMILES string of the molecule is O=C(Oc1ccccc1)N1CCCN(c2ccc(F)cc2S(=O)(=O)C(F)(F)F)CC1. The minimum atomic E-state index is -5.75. The van der Waals surface area contributed by atoms with Crippen molar-refractivity contribution >= 4 is 21.6 Å². The van der Waals surface area contributed by atoms with Gasteiger partial charge in [0.15, 0.2) is 0 Å². The fraction of sp³-hybridized carbons (Fsp3) is 0.316. The first-order valence-electron chi connectivity index (χ1n) is 8.97. The van der Waals surface area contributed by atoms with Crippen LogP contribution in [-0.2, 0) is 9.84 Å². The molecule has 11 heteroatoms. The minimum absolute atomic E-state index is 0.0515. The number of amides is 1. The standard InChI is InChI=1S/C19H18F4N2O4S/c20-14-7-8-16(17(13-14)30(27,28)19(21,22)23)24-9-4-10-25(12-11-24)18(26)29-15-5-2-1-3-6-15/h1-3,5-8,13H,4,9-12H2. The Morgan fingerprint density at radius 3 is 2.33 bits per heavy atom. The molecule has 1 amide bonds. The number of hydrogen-bond donors (Lipinski definition) is 0. The van der Waals surface area contributed by atoms with E-state index in [1.54, 1.807) is 30.3 Å². The van der Waals surface area contributed by atoms with E-state index in [-0.39, 0.29) is 31.9 Å².